The molecule has 106 valence electrons. The van der Waals surface area contributed by atoms with Crippen molar-refractivity contribution in [3.05, 3.63) is 29.8 Å². The number of rotatable bonds is 5. The molecule has 0 amide bonds. The van der Waals surface area contributed by atoms with E-state index in [0.29, 0.717) is 12.1 Å². The van der Waals surface area contributed by atoms with E-state index in [4.69, 9.17) is 4.74 Å². The Morgan fingerprint density at radius 3 is 2.68 bits per heavy atom. The molecular formula is C16H26N2O. The maximum Gasteiger partial charge on any atom is 0.124 e. The first-order valence-corrected chi connectivity index (χ1v) is 7.37. The Bertz CT molecular complexity index is 386. The third kappa shape index (κ3) is 3.95. The first kappa shape index (κ1) is 14.4. The van der Waals surface area contributed by atoms with Gasteiger partial charge in [0.25, 0.3) is 0 Å². The van der Waals surface area contributed by atoms with E-state index in [1.807, 2.05) is 13.0 Å². The Morgan fingerprint density at radius 1 is 1.32 bits per heavy atom. The van der Waals surface area contributed by atoms with Gasteiger partial charge in [-0.25, -0.2) is 0 Å². The molecule has 0 spiro atoms. The van der Waals surface area contributed by atoms with E-state index < -0.39 is 0 Å². The second kappa shape index (κ2) is 6.92. The van der Waals surface area contributed by atoms with Crippen LogP contribution >= 0.6 is 0 Å². The fraction of sp³-hybridized carbons (Fsp3) is 0.625. The lowest BCUT2D eigenvalue weighted by molar-refractivity contribution is 0.225. The standard InChI is InChI=1S/C16H26N2O/c1-4-19-16-8-6-5-7-15(16)13(2)17-14-9-11-18(3)12-10-14/h5-8,13-14,17H,4,9-12H2,1-3H3. The lowest BCUT2D eigenvalue weighted by Crippen LogP contribution is -2.41. The van der Waals surface area contributed by atoms with E-state index in [1.165, 1.54) is 31.5 Å². The first-order chi connectivity index (χ1) is 9.20. The maximum absolute atomic E-state index is 5.72. The fourth-order valence-electron chi connectivity index (χ4n) is 2.74. The molecule has 0 saturated carbocycles. The molecule has 1 aromatic carbocycles. The minimum absolute atomic E-state index is 0.344. The van der Waals surface area contributed by atoms with Gasteiger partial charge >= 0.3 is 0 Å². The molecule has 19 heavy (non-hydrogen) atoms. The smallest absolute Gasteiger partial charge is 0.124 e. The van der Waals surface area contributed by atoms with Crippen molar-refractivity contribution in [2.75, 3.05) is 26.7 Å². The molecule has 0 bridgehead atoms. The normalized spacial score (nSPS) is 19.3. The zero-order valence-electron chi connectivity index (χ0n) is 12.4. The Morgan fingerprint density at radius 2 is 2.00 bits per heavy atom. The lowest BCUT2D eigenvalue weighted by atomic mass is 10.0. The maximum atomic E-state index is 5.72. The second-order valence-electron chi connectivity index (χ2n) is 5.44. The molecule has 3 heteroatoms. The summed E-state index contributed by atoms with van der Waals surface area (Å²) in [6.07, 6.45) is 2.47. The number of ether oxygens (including phenoxy) is 1. The van der Waals surface area contributed by atoms with E-state index >= 15 is 0 Å². The van der Waals surface area contributed by atoms with Gasteiger partial charge in [-0.1, -0.05) is 18.2 Å². The predicted molar refractivity (Wildman–Crippen MR) is 79.7 cm³/mol. The highest BCUT2D eigenvalue weighted by Gasteiger charge is 2.20. The Balaban J connectivity index is 1.97. The summed E-state index contributed by atoms with van der Waals surface area (Å²) in [4.78, 5) is 2.40. The average molecular weight is 262 g/mol. The topological polar surface area (TPSA) is 24.5 Å². The van der Waals surface area contributed by atoms with Gasteiger partial charge in [-0.3, -0.25) is 0 Å². The molecule has 2 rings (SSSR count). The van der Waals surface area contributed by atoms with Crippen LogP contribution < -0.4 is 10.1 Å². The summed E-state index contributed by atoms with van der Waals surface area (Å²) in [5.41, 5.74) is 1.27. The van der Waals surface area contributed by atoms with Crippen molar-refractivity contribution in [3.63, 3.8) is 0 Å². The van der Waals surface area contributed by atoms with Gasteiger partial charge in [0.1, 0.15) is 5.75 Å². The molecule has 3 nitrogen and oxygen atoms in total. The first-order valence-electron chi connectivity index (χ1n) is 7.37. The molecule has 1 unspecified atom stereocenters. The van der Waals surface area contributed by atoms with E-state index in [9.17, 15) is 0 Å². The van der Waals surface area contributed by atoms with Gasteiger partial charge in [0.15, 0.2) is 0 Å². The van der Waals surface area contributed by atoms with Crippen molar-refractivity contribution < 1.29 is 4.74 Å². The van der Waals surface area contributed by atoms with Crippen LogP contribution in [0.3, 0.4) is 0 Å². The second-order valence-corrected chi connectivity index (χ2v) is 5.44. The molecule has 1 fully saturated rings. The zero-order chi connectivity index (χ0) is 13.7. The highest BCUT2D eigenvalue weighted by Crippen LogP contribution is 2.26. The monoisotopic (exact) mass is 262 g/mol. The van der Waals surface area contributed by atoms with E-state index in [0.717, 1.165) is 12.4 Å². The number of benzene rings is 1. The van der Waals surface area contributed by atoms with Crippen LogP contribution in [0.15, 0.2) is 24.3 Å². The molecular weight excluding hydrogens is 236 g/mol. The molecule has 1 aliphatic rings. The number of para-hydroxylation sites is 1. The molecule has 0 radical (unpaired) electrons. The Kier molecular flexibility index (Phi) is 5.23. The molecule has 1 saturated heterocycles. The van der Waals surface area contributed by atoms with Crippen LogP contribution in [-0.4, -0.2) is 37.7 Å². The SMILES string of the molecule is CCOc1ccccc1C(C)NC1CCN(C)CC1. The zero-order valence-corrected chi connectivity index (χ0v) is 12.4. The van der Waals surface area contributed by atoms with Crippen molar-refractivity contribution in [2.24, 2.45) is 0 Å². The van der Waals surface area contributed by atoms with E-state index in [-0.39, 0.29) is 0 Å². The van der Waals surface area contributed by atoms with Gasteiger partial charge in [0.2, 0.25) is 0 Å². The van der Waals surface area contributed by atoms with Crippen molar-refractivity contribution in [1.82, 2.24) is 10.2 Å². The number of nitrogens with zero attached hydrogens (tertiary/aromatic N) is 1. The summed E-state index contributed by atoms with van der Waals surface area (Å²) in [6.45, 7) is 7.37. The minimum atomic E-state index is 0.344. The minimum Gasteiger partial charge on any atom is -0.494 e. The number of nitrogens with one attached hydrogen (secondary N) is 1. The van der Waals surface area contributed by atoms with Gasteiger partial charge in [-0.2, -0.15) is 0 Å². The third-order valence-electron chi connectivity index (χ3n) is 3.89. The van der Waals surface area contributed by atoms with Crippen LogP contribution in [0.4, 0.5) is 0 Å². The quantitative estimate of drug-likeness (QED) is 0.883. The number of likely N-dealkylation sites (tertiary alicyclic amines) is 1. The highest BCUT2D eigenvalue weighted by atomic mass is 16.5. The lowest BCUT2D eigenvalue weighted by Gasteiger charge is -2.32. The Labute approximate surface area is 116 Å². The van der Waals surface area contributed by atoms with Crippen LogP contribution in [0, 0.1) is 0 Å². The third-order valence-corrected chi connectivity index (χ3v) is 3.89. The average Bonchev–Trinajstić information content (AvgIpc) is 2.42. The molecule has 0 aromatic heterocycles. The summed E-state index contributed by atoms with van der Waals surface area (Å²) in [5.74, 6) is 1.01. The largest absolute Gasteiger partial charge is 0.494 e. The van der Waals surface area contributed by atoms with Gasteiger partial charge in [0.05, 0.1) is 6.61 Å². The van der Waals surface area contributed by atoms with Crippen molar-refractivity contribution in [1.29, 1.82) is 0 Å². The van der Waals surface area contributed by atoms with Gasteiger partial charge in [-0.15, -0.1) is 0 Å². The molecule has 1 heterocycles. The molecule has 1 aromatic rings. The highest BCUT2D eigenvalue weighted by molar-refractivity contribution is 5.35. The molecule has 1 aliphatic heterocycles. The molecule has 1 N–H and O–H groups in total. The number of hydrogen-bond acceptors (Lipinski definition) is 3. The molecule has 1 atom stereocenters. The predicted octanol–water partition coefficient (Wildman–Crippen LogP) is 2.83. The van der Waals surface area contributed by atoms with Crippen LogP contribution in [0.1, 0.15) is 38.3 Å². The van der Waals surface area contributed by atoms with Crippen molar-refractivity contribution in [3.8, 4) is 5.75 Å². The van der Waals surface area contributed by atoms with Crippen molar-refractivity contribution >= 4 is 0 Å². The summed E-state index contributed by atoms with van der Waals surface area (Å²) < 4.78 is 5.72. The summed E-state index contributed by atoms with van der Waals surface area (Å²) >= 11 is 0. The van der Waals surface area contributed by atoms with Crippen molar-refractivity contribution in [2.45, 2.75) is 38.8 Å². The van der Waals surface area contributed by atoms with Gasteiger partial charge in [-0.05, 0) is 52.9 Å². The van der Waals surface area contributed by atoms with Crippen LogP contribution in [0.25, 0.3) is 0 Å². The van der Waals surface area contributed by atoms with Crippen LogP contribution in [-0.2, 0) is 0 Å². The fourth-order valence-corrected chi connectivity index (χ4v) is 2.74. The van der Waals surface area contributed by atoms with Crippen LogP contribution in [0.5, 0.6) is 5.75 Å². The number of hydrogen-bond donors (Lipinski definition) is 1. The summed E-state index contributed by atoms with van der Waals surface area (Å²) in [7, 11) is 2.20. The van der Waals surface area contributed by atoms with E-state index in [2.05, 4.69) is 42.4 Å². The van der Waals surface area contributed by atoms with Crippen LogP contribution in [0.2, 0.25) is 0 Å². The summed E-state index contributed by atoms with van der Waals surface area (Å²) in [6, 6.07) is 9.32. The number of piperidine rings is 1. The van der Waals surface area contributed by atoms with E-state index in [1.54, 1.807) is 0 Å². The van der Waals surface area contributed by atoms with Gasteiger partial charge in [0, 0.05) is 17.6 Å². The summed E-state index contributed by atoms with van der Waals surface area (Å²) in [5, 5.41) is 3.75. The molecule has 0 aliphatic carbocycles. The van der Waals surface area contributed by atoms with Gasteiger partial charge < -0.3 is 15.0 Å². The Hall–Kier alpha value is -1.06.